The zero-order valence-corrected chi connectivity index (χ0v) is 8.43. The lowest BCUT2D eigenvalue weighted by Gasteiger charge is -2.17. The molecule has 0 aliphatic carbocycles. The predicted molar refractivity (Wildman–Crippen MR) is 57.0 cm³/mol. The summed E-state index contributed by atoms with van der Waals surface area (Å²) in [5.74, 6) is 0.291. The van der Waals surface area contributed by atoms with Gasteiger partial charge in [0.05, 0.1) is 6.42 Å². The van der Waals surface area contributed by atoms with Crippen LogP contribution in [0.15, 0.2) is 23.1 Å². The van der Waals surface area contributed by atoms with E-state index in [1.54, 1.807) is 11.8 Å². The van der Waals surface area contributed by atoms with Crippen molar-refractivity contribution in [3.8, 4) is 0 Å². The first-order chi connectivity index (χ1) is 6.75. The highest BCUT2D eigenvalue weighted by Gasteiger charge is 2.10. The van der Waals surface area contributed by atoms with Crippen LogP contribution >= 0.6 is 11.8 Å². The highest BCUT2D eigenvalue weighted by Crippen LogP contribution is 2.31. The number of benzene rings is 1. The van der Waals surface area contributed by atoms with E-state index in [9.17, 15) is 4.79 Å². The highest BCUT2D eigenvalue weighted by molar-refractivity contribution is 7.99. The second-order valence-electron chi connectivity index (χ2n) is 3.18. The topological polar surface area (TPSA) is 49.3 Å². The van der Waals surface area contributed by atoms with Gasteiger partial charge < -0.3 is 10.4 Å². The van der Waals surface area contributed by atoms with Crippen LogP contribution in [0.3, 0.4) is 0 Å². The number of thioether (sulfide) groups is 1. The molecule has 74 valence electrons. The van der Waals surface area contributed by atoms with E-state index in [1.807, 2.05) is 18.2 Å². The van der Waals surface area contributed by atoms with Gasteiger partial charge in [-0.3, -0.25) is 4.79 Å². The van der Waals surface area contributed by atoms with Crippen LogP contribution in [0, 0.1) is 0 Å². The summed E-state index contributed by atoms with van der Waals surface area (Å²) < 4.78 is 0. The number of nitrogens with one attached hydrogen (secondary N) is 1. The Kier molecular flexibility index (Phi) is 2.63. The Balaban J connectivity index is 2.24. The van der Waals surface area contributed by atoms with Crippen molar-refractivity contribution in [1.29, 1.82) is 0 Å². The molecule has 0 saturated carbocycles. The Hall–Kier alpha value is -1.16. The van der Waals surface area contributed by atoms with Crippen molar-refractivity contribution in [2.45, 2.75) is 11.3 Å². The van der Waals surface area contributed by atoms with Crippen LogP contribution in [0.5, 0.6) is 0 Å². The first-order valence-corrected chi connectivity index (χ1v) is 5.45. The number of anilines is 1. The Labute approximate surface area is 86.5 Å². The Bertz CT molecular complexity index is 365. The first kappa shape index (κ1) is 9.40. The van der Waals surface area contributed by atoms with Crippen molar-refractivity contribution in [2.24, 2.45) is 0 Å². The van der Waals surface area contributed by atoms with Gasteiger partial charge >= 0.3 is 5.97 Å². The van der Waals surface area contributed by atoms with Crippen molar-refractivity contribution < 1.29 is 9.90 Å². The van der Waals surface area contributed by atoms with E-state index in [0.29, 0.717) is 0 Å². The summed E-state index contributed by atoms with van der Waals surface area (Å²) in [5, 5.41) is 11.9. The van der Waals surface area contributed by atoms with Crippen LogP contribution < -0.4 is 5.32 Å². The van der Waals surface area contributed by atoms with Crippen LogP contribution in [0.1, 0.15) is 5.56 Å². The van der Waals surface area contributed by atoms with E-state index in [0.717, 1.165) is 23.5 Å². The van der Waals surface area contributed by atoms with Crippen molar-refractivity contribution in [3.63, 3.8) is 0 Å². The molecule has 0 atom stereocenters. The quantitative estimate of drug-likeness (QED) is 0.780. The van der Waals surface area contributed by atoms with E-state index in [4.69, 9.17) is 5.11 Å². The minimum Gasteiger partial charge on any atom is -0.481 e. The molecule has 1 heterocycles. The van der Waals surface area contributed by atoms with E-state index in [2.05, 4.69) is 5.32 Å². The summed E-state index contributed by atoms with van der Waals surface area (Å²) >= 11 is 1.81. The third kappa shape index (κ3) is 2.01. The van der Waals surface area contributed by atoms with Crippen molar-refractivity contribution in [3.05, 3.63) is 23.8 Å². The SMILES string of the molecule is O=C(O)Cc1ccc2c(c1)NCCS2. The van der Waals surface area contributed by atoms with E-state index in [1.165, 1.54) is 4.90 Å². The van der Waals surface area contributed by atoms with Gasteiger partial charge in [0.25, 0.3) is 0 Å². The van der Waals surface area contributed by atoms with Gasteiger partial charge in [-0.05, 0) is 17.7 Å². The standard InChI is InChI=1S/C10H11NO2S/c12-10(13)6-7-1-2-9-8(5-7)11-3-4-14-9/h1-2,5,11H,3-4,6H2,(H,12,13). The molecule has 14 heavy (non-hydrogen) atoms. The normalized spacial score (nSPS) is 14.3. The fraction of sp³-hybridized carbons (Fsp3) is 0.300. The molecular weight excluding hydrogens is 198 g/mol. The lowest BCUT2D eigenvalue weighted by atomic mass is 10.1. The summed E-state index contributed by atoms with van der Waals surface area (Å²) in [6.07, 6.45) is 0.0969. The molecule has 4 heteroatoms. The van der Waals surface area contributed by atoms with Crippen molar-refractivity contribution in [2.75, 3.05) is 17.6 Å². The van der Waals surface area contributed by atoms with Crippen LogP contribution in [0.25, 0.3) is 0 Å². The maximum atomic E-state index is 10.5. The molecule has 0 radical (unpaired) electrons. The molecule has 1 aromatic carbocycles. The molecule has 1 aliphatic heterocycles. The Morgan fingerprint density at radius 3 is 3.21 bits per heavy atom. The first-order valence-electron chi connectivity index (χ1n) is 4.47. The molecule has 1 aliphatic rings. The van der Waals surface area contributed by atoms with Gasteiger partial charge in [-0.1, -0.05) is 6.07 Å². The van der Waals surface area contributed by atoms with Gasteiger partial charge in [-0.15, -0.1) is 11.8 Å². The van der Waals surface area contributed by atoms with Gasteiger partial charge in [-0.25, -0.2) is 0 Å². The van der Waals surface area contributed by atoms with Gasteiger partial charge in [0, 0.05) is 22.9 Å². The largest absolute Gasteiger partial charge is 0.481 e. The molecule has 2 rings (SSSR count). The summed E-state index contributed by atoms with van der Waals surface area (Å²) in [6, 6.07) is 5.80. The number of aliphatic carboxylic acids is 1. The molecule has 0 aromatic heterocycles. The molecule has 0 spiro atoms. The number of hydrogen-bond donors (Lipinski definition) is 2. The van der Waals surface area contributed by atoms with Gasteiger partial charge in [0.15, 0.2) is 0 Å². The summed E-state index contributed by atoms with van der Waals surface area (Å²) in [4.78, 5) is 11.7. The summed E-state index contributed by atoms with van der Waals surface area (Å²) in [7, 11) is 0. The average molecular weight is 209 g/mol. The molecule has 1 aromatic rings. The lowest BCUT2D eigenvalue weighted by molar-refractivity contribution is -0.136. The zero-order valence-electron chi connectivity index (χ0n) is 7.62. The number of carbonyl (C=O) groups is 1. The van der Waals surface area contributed by atoms with Crippen LogP contribution in [-0.2, 0) is 11.2 Å². The molecule has 0 unspecified atom stereocenters. The summed E-state index contributed by atoms with van der Waals surface area (Å²) in [6.45, 7) is 0.953. The molecule has 0 fully saturated rings. The van der Waals surface area contributed by atoms with Crippen molar-refractivity contribution in [1.82, 2.24) is 0 Å². The minimum absolute atomic E-state index is 0.0969. The number of rotatable bonds is 2. The van der Waals surface area contributed by atoms with Crippen LogP contribution in [0.2, 0.25) is 0 Å². The monoisotopic (exact) mass is 209 g/mol. The molecule has 0 amide bonds. The molecule has 3 nitrogen and oxygen atoms in total. The second kappa shape index (κ2) is 3.92. The van der Waals surface area contributed by atoms with Crippen molar-refractivity contribution >= 4 is 23.4 Å². The molecule has 0 bridgehead atoms. The number of carboxylic acids is 1. The number of hydrogen-bond acceptors (Lipinski definition) is 3. The maximum absolute atomic E-state index is 10.5. The van der Waals surface area contributed by atoms with E-state index >= 15 is 0 Å². The van der Waals surface area contributed by atoms with Crippen LogP contribution in [-0.4, -0.2) is 23.4 Å². The van der Waals surface area contributed by atoms with E-state index in [-0.39, 0.29) is 6.42 Å². The molecular formula is C10H11NO2S. The third-order valence-corrected chi connectivity index (χ3v) is 3.15. The summed E-state index contributed by atoms with van der Waals surface area (Å²) in [5.41, 5.74) is 1.92. The van der Waals surface area contributed by atoms with Gasteiger partial charge in [0.2, 0.25) is 0 Å². The number of carboxylic acid groups (broad SMARTS) is 1. The van der Waals surface area contributed by atoms with Crippen LogP contribution in [0.4, 0.5) is 5.69 Å². The third-order valence-electron chi connectivity index (χ3n) is 2.07. The second-order valence-corrected chi connectivity index (χ2v) is 4.31. The Morgan fingerprint density at radius 1 is 1.57 bits per heavy atom. The predicted octanol–water partition coefficient (Wildman–Crippen LogP) is 1.83. The maximum Gasteiger partial charge on any atom is 0.307 e. The smallest absolute Gasteiger partial charge is 0.307 e. The number of fused-ring (bicyclic) bond motifs is 1. The average Bonchev–Trinajstić information content (AvgIpc) is 2.17. The fourth-order valence-electron chi connectivity index (χ4n) is 1.47. The Morgan fingerprint density at radius 2 is 2.43 bits per heavy atom. The molecule has 2 N–H and O–H groups in total. The van der Waals surface area contributed by atoms with Gasteiger partial charge in [-0.2, -0.15) is 0 Å². The highest BCUT2D eigenvalue weighted by atomic mass is 32.2. The lowest BCUT2D eigenvalue weighted by Crippen LogP contribution is -2.10. The fourth-order valence-corrected chi connectivity index (χ4v) is 2.35. The molecule has 0 saturated heterocycles. The van der Waals surface area contributed by atoms with E-state index < -0.39 is 5.97 Å². The van der Waals surface area contributed by atoms with Gasteiger partial charge in [0.1, 0.15) is 0 Å². The zero-order chi connectivity index (χ0) is 9.97. The minimum atomic E-state index is -0.784.